The maximum atomic E-state index is 12.6. The Hall–Kier alpha value is -1.28. The van der Waals surface area contributed by atoms with Crippen LogP contribution in [-0.2, 0) is 0 Å². The van der Waals surface area contributed by atoms with Gasteiger partial charge in [0.15, 0.2) is 0 Å². The monoisotopic (exact) mass is 307 g/mol. The van der Waals surface area contributed by atoms with E-state index < -0.39 is 38.9 Å². The van der Waals surface area contributed by atoms with Crippen molar-refractivity contribution in [2.24, 2.45) is 0 Å². The van der Waals surface area contributed by atoms with E-state index in [4.69, 9.17) is 23.2 Å². The van der Waals surface area contributed by atoms with Crippen LogP contribution in [0.4, 0.5) is 23.2 Å². The molecule has 0 radical (unpaired) electrons. The molecule has 1 aromatic carbocycles. The molecule has 0 fully saturated rings. The minimum Gasteiger partial charge on any atom is -0.428 e. The minimum atomic E-state index is -4.79. The summed E-state index contributed by atoms with van der Waals surface area (Å²) in [4.78, 5) is 9.48. The van der Waals surface area contributed by atoms with E-state index in [1.807, 2.05) is 0 Å². The average Bonchev–Trinajstić information content (AvgIpc) is 2.21. The third kappa shape index (κ3) is 3.14. The summed E-state index contributed by atoms with van der Waals surface area (Å²) in [5.41, 5.74) is -0.829. The molecule has 1 rings (SSSR count). The molecule has 18 heavy (non-hydrogen) atoms. The second-order valence-corrected chi connectivity index (χ2v) is 3.75. The van der Waals surface area contributed by atoms with Crippen LogP contribution in [0.3, 0.4) is 0 Å². The lowest BCUT2D eigenvalue weighted by atomic mass is 10.3. The molecule has 0 aromatic heterocycles. The second-order valence-electron chi connectivity index (χ2n) is 2.96. The zero-order valence-electron chi connectivity index (χ0n) is 8.17. The number of hydrogen-bond acceptors (Lipinski definition) is 3. The molecule has 0 N–H and O–H groups in total. The molecule has 0 aliphatic carbocycles. The first-order valence-electron chi connectivity index (χ1n) is 4.13. The highest BCUT2D eigenvalue weighted by molar-refractivity contribution is 6.43. The van der Waals surface area contributed by atoms with Gasteiger partial charge in [-0.1, -0.05) is 23.2 Å². The summed E-state index contributed by atoms with van der Waals surface area (Å²) in [5, 5.41) is 9.53. The fourth-order valence-corrected chi connectivity index (χ4v) is 1.33. The largest absolute Gasteiger partial charge is 0.461 e. The van der Waals surface area contributed by atoms with Crippen LogP contribution in [0.5, 0.6) is 5.75 Å². The summed E-state index contributed by atoms with van der Waals surface area (Å²) in [5.74, 6) is -0.888. The number of nitro groups is 1. The maximum Gasteiger partial charge on any atom is 0.461 e. The number of benzene rings is 1. The summed E-state index contributed by atoms with van der Waals surface area (Å²) in [7, 11) is 0. The van der Waals surface area contributed by atoms with Crippen LogP contribution in [0.1, 0.15) is 0 Å². The Morgan fingerprint density at radius 2 is 1.89 bits per heavy atom. The molecule has 0 amide bonds. The highest BCUT2D eigenvalue weighted by atomic mass is 35.5. The lowest BCUT2D eigenvalue weighted by Gasteiger charge is -2.16. The molecular weight excluding hydrogens is 305 g/mol. The van der Waals surface area contributed by atoms with Gasteiger partial charge in [-0.15, -0.1) is 0 Å². The molecule has 0 saturated carbocycles. The van der Waals surface area contributed by atoms with Crippen LogP contribution in [0, 0.1) is 10.1 Å². The Kier molecular flexibility index (Phi) is 4.23. The Labute approximate surface area is 107 Å². The van der Waals surface area contributed by atoms with E-state index in [9.17, 15) is 27.7 Å². The molecule has 0 unspecified atom stereocenters. The van der Waals surface area contributed by atoms with Crippen molar-refractivity contribution in [3.8, 4) is 5.75 Å². The fraction of sp³-hybridized carbons (Fsp3) is 0.250. The maximum absolute atomic E-state index is 12.6. The second kappa shape index (κ2) is 5.15. The number of nitrogens with zero attached hydrogens (tertiary/aromatic N) is 1. The molecule has 0 heterocycles. The number of rotatable bonds is 4. The van der Waals surface area contributed by atoms with Gasteiger partial charge in [0.1, 0.15) is 10.8 Å². The predicted octanol–water partition coefficient (Wildman–Crippen LogP) is 4.14. The van der Waals surface area contributed by atoms with Crippen LogP contribution >= 0.6 is 23.2 Å². The van der Waals surface area contributed by atoms with Gasteiger partial charge >= 0.3 is 12.5 Å². The standard InChI is InChI=1S/C8H3Cl2F4NO3/c9-4-1-3(18-8(13,14)7(11)12)2-5(6(4)10)15(16)17/h1-2,7H. The molecule has 10 heteroatoms. The van der Waals surface area contributed by atoms with E-state index in [1.165, 1.54) is 0 Å². The molecule has 0 spiro atoms. The lowest BCUT2D eigenvalue weighted by Crippen LogP contribution is -2.33. The Bertz CT molecular complexity index is 484. The molecular formula is C8H3Cl2F4NO3. The zero-order chi connectivity index (χ0) is 14.1. The molecule has 0 atom stereocenters. The Morgan fingerprint density at radius 3 is 2.33 bits per heavy atom. The van der Waals surface area contributed by atoms with Crippen molar-refractivity contribution in [2.75, 3.05) is 0 Å². The van der Waals surface area contributed by atoms with Gasteiger partial charge in [0, 0.05) is 6.07 Å². The van der Waals surface area contributed by atoms with E-state index in [1.54, 1.807) is 0 Å². The van der Waals surface area contributed by atoms with Crippen molar-refractivity contribution in [3.05, 3.63) is 32.3 Å². The normalized spacial score (nSPS) is 11.7. The molecule has 0 aliphatic heterocycles. The summed E-state index contributed by atoms with van der Waals surface area (Å²) in [6.07, 6.45) is -8.88. The molecule has 0 bridgehead atoms. The van der Waals surface area contributed by atoms with Gasteiger partial charge in [0.05, 0.1) is 16.0 Å². The summed E-state index contributed by atoms with van der Waals surface area (Å²) < 4.78 is 52.6. The van der Waals surface area contributed by atoms with Gasteiger partial charge in [0.2, 0.25) is 0 Å². The van der Waals surface area contributed by atoms with Gasteiger partial charge in [-0.2, -0.15) is 17.6 Å². The number of halogens is 6. The molecule has 1 aromatic rings. The van der Waals surface area contributed by atoms with E-state index in [2.05, 4.69) is 4.74 Å². The molecule has 100 valence electrons. The summed E-state index contributed by atoms with van der Waals surface area (Å²) in [6, 6.07) is 1.15. The van der Waals surface area contributed by atoms with E-state index in [0.29, 0.717) is 12.1 Å². The van der Waals surface area contributed by atoms with Crippen molar-refractivity contribution in [3.63, 3.8) is 0 Å². The summed E-state index contributed by atoms with van der Waals surface area (Å²) in [6.45, 7) is 0. The van der Waals surface area contributed by atoms with E-state index >= 15 is 0 Å². The van der Waals surface area contributed by atoms with Gasteiger partial charge < -0.3 is 4.74 Å². The van der Waals surface area contributed by atoms with E-state index in [0.717, 1.165) is 0 Å². The highest BCUT2D eigenvalue weighted by Crippen LogP contribution is 2.38. The minimum absolute atomic E-state index is 0.467. The van der Waals surface area contributed by atoms with Crippen molar-refractivity contribution in [1.82, 2.24) is 0 Å². The fourth-order valence-electron chi connectivity index (χ4n) is 0.944. The number of nitro benzene ring substituents is 1. The van der Waals surface area contributed by atoms with Crippen LogP contribution in [0.2, 0.25) is 10.0 Å². The van der Waals surface area contributed by atoms with Crippen molar-refractivity contribution >= 4 is 28.9 Å². The van der Waals surface area contributed by atoms with E-state index in [-0.39, 0.29) is 0 Å². The first-order chi connectivity index (χ1) is 8.15. The van der Waals surface area contributed by atoms with Crippen molar-refractivity contribution in [2.45, 2.75) is 12.5 Å². The third-order valence-electron chi connectivity index (χ3n) is 1.69. The van der Waals surface area contributed by atoms with Crippen LogP contribution in [0.15, 0.2) is 12.1 Å². The van der Waals surface area contributed by atoms with Gasteiger partial charge in [-0.3, -0.25) is 10.1 Å². The number of hydrogen-bond donors (Lipinski definition) is 0. The van der Waals surface area contributed by atoms with Gasteiger partial charge in [-0.25, -0.2) is 0 Å². The third-order valence-corrected chi connectivity index (χ3v) is 2.48. The van der Waals surface area contributed by atoms with Crippen LogP contribution in [0.25, 0.3) is 0 Å². The predicted molar refractivity (Wildman–Crippen MR) is 54.7 cm³/mol. The topological polar surface area (TPSA) is 52.4 Å². The first-order valence-corrected chi connectivity index (χ1v) is 4.89. The van der Waals surface area contributed by atoms with Crippen LogP contribution < -0.4 is 4.74 Å². The Morgan fingerprint density at radius 1 is 1.33 bits per heavy atom. The van der Waals surface area contributed by atoms with Crippen LogP contribution in [-0.4, -0.2) is 17.5 Å². The molecule has 0 aliphatic rings. The van der Waals surface area contributed by atoms with Gasteiger partial charge in [0.25, 0.3) is 5.69 Å². The number of ether oxygens (including phenoxy) is 1. The SMILES string of the molecule is O=[N+]([O-])c1cc(OC(F)(F)C(F)F)cc(Cl)c1Cl. The zero-order valence-corrected chi connectivity index (χ0v) is 9.68. The smallest absolute Gasteiger partial charge is 0.428 e. The van der Waals surface area contributed by atoms with Crippen molar-refractivity contribution in [1.29, 1.82) is 0 Å². The van der Waals surface area contributed by atoms with Crippen molar-refractivity contribution < 1.29 is 27.2 Å². The molecule has 0 saturated heterocycles. The first kappa shape index (κ1) is 14.8. The lowest BCUT2D eigenvalue weighted by molar-refractivity contribution is -0.384. The summed E-state index contributed by atoms with van der Waals surface area (Å²) >= 11 is 10.9. The highest BCUT2D eigenvalue weighted by Gasteiger charge is 2.44. The Balaban J connectivity index is 3.16. The van der Waals surface area contributed by atoms with Gasteiger partial charge in [-0.05, 0) is 0 Å². The quantitative estimate of drug-likeness (QED) is 0.477. The molecule has 4 nitrogen and oxygen atoms in total. The number of alkyl halides is 4. The average molecular weight is 308 g/mol.